The molecule has 0 aromatic heterocycles. The van der Waals surface area contributed by atoms with Crippen molar-refractivity contribution < 1.29 is 9.13 Å². The molecule has 0 amide bonds. The van der Waals surface area contributed by atoms with E-state index in [1.807, 2.05) is 12.1 Å². The highest BCUT2D eigenvalue weighted by Gasteiger charge is 2.18. The lowest BCUT2D eigenvalue weighted by atomic mass is 9.94. The number of benzene rings is 1. The molecular formula is C18H26FNO. The fourth-order valence-corrected chi connectivity index (χ4v) is 2.91. The van der Waals surface area contributed by atoms with E-state index in [1.165, 1.54) is 38.0 Å². The van der Waals surface area contributed by atoms with Gasteiger partial charge in [0.2, 0.25) is 0 Å². The minimum Gasteiger partial charge on any atom is -0.494 e. The molecule has 0 aliphatic heterocycles. The van der Waals surface area contributed by atoms with E-state index < -0.39 is 0 Å². The molecule has 0 saturated carbocycles. The molecule has 1 aliphatic rings. The molecule has 0 saturated heterocycles. The van der Waals surface area contributed by atoms with Crippen LogP contribution in [0.2, 0.25) is 0 Å². The zero-order valence-electron chi connectivity index (χ0n) is 13.1. The van der Waals surface area contributed by atoms with Gasteiger partial charge in [0.1, 0.15) is 0 Å². The van der Waals surface area contributed by atoms with Crippen LogP contribution in [-0.2, 0) is 0 Å². The molecule has 0 heterocycles. The third kappa shape index (κ3) is 4.31. The van der Waals surface area contributed by atoms with Crippen molar-refractivity contribution in [3.63, 3.8) is 0 Å². The Balaban J connectivity index is 2.28. The van der Waals surface area contributed by atoms with Crippen LogP contribution in [-0.4, -0.2) is 13.7 Å². The minimum absolute atomic E-state index is 0.178. The van der Waals surface area contributed by atoms with Crippen molar-refractivity contribution in [1.29, 1.82) is 0 Å². The lowest BCUT2D eigenvalue weighted by Gasteiger charge is -2.23. The maximum Gasteiger partial charge on any atom is 0.165 e. The van der Waals surface area contributed by atoms with Gasteiger partial charge in [-0.15, -0.1) is 0 Å². The second-order valence-electron chi connectivity index (χ2n) is 5.66. The van der Waals surface area contributed by atoms with Crippen molar-refractivity contribution >= 4 is 0 Å². The maximum absolute atomic E-state index is 13.6. The fourth-order valence-electron chi connectivity index (χ4n) is 2.91. The first kappa shape index (κ1) is 16.0. The average molecular weight is 291 g/mol. The Kier molecular flexibility index (Phi) is 6.24. The Morgan fingerprint density at radius 2 is 2.14 bits per heavy atom. The molecule has 21 heavy (non-hydrogen) atoms. The summed E-state index contributed by atoms with van der Waals surface area (Å²) in [6.07, 6.45) is 9.55. The SMILES string of the molecule is CCCNC(C1=CCCCCC1)c1ccc(F)c(OC)c1. The van der Waals surface area contributed by atoms with Crippen molar-refractivity contribution in [3.8, 4) is 5.75 Å². The Labute approximate surface area is 127 Å². The summed E-state index contributed by atoms with van der Waals surface area (Å²) < 4.78 is 18.8. The molecule has 0 radical (unpaired) electrons. The molecule has 1 N–H and O–H groups in total. The first-order chi connectivity index (χ1) is 10.3. The van der Waals surface area contributed by atoms with Crippen LogP contribution in [0.25, 0.3) is 0 Å². The lowest BCUT2D eigenvalue weighted by Crippen LogP contribution is -2.24. The molecular weight excluding hydrogens is 265 g/mol. The number of ether oxygens (including phenoxy) is 1. The van der Waals surface area contributed by atoms with E-state index in [2.05, 4.69) is 18.3 Å². The van der Waals surface area contributed by atoms with Gasteiger partial charge in [-0.2, -0.15) is 0 Å². The van der Waals surface area contributed by atoms with Gasteiger partial charge < -0.3 is 10.1 Å². The number of halogens is 1. The van der Waals surface area contributed by atoms with Crippen molar-refractivity contribution in [2.24, 2.45) is 0 Å². The molecule has 1 atom stereocenters. The van der Waals surface area contributed by atoms with Gasteiger partial charge in [0.15, 0.2) is 11.6 Å². The summed E-state index contributed by atoms with van der Waals surface area (Å²) in [5, 5.41) is 3.61. The van der Waals surface area contributed by atoms with E-state index in [0.717, 1.165) is 31.4 Å². The Morgan fingerprint density at radius 3 is 2.90 bits per heavy atom. The molecule has 0 bridgehead atoms. The van der Waals surface area contributed by atoms with E-state index in [1.54, 1.807) is 0 Å². The monoisotopic (exact) mass is 291 g/mol. The molecule has 2 rings (SSSR count). The third-order valence-corrected chi connectivity index (χ3v) is 4.05. The first-order valence-electron chi connectivity index (χ1n) is 8.02. The summed E-state index contributed by atoms with van der Waals surface area (Å²) in [7, 11) is 1.52. The highest BCUT2D eigenvalue weighted by molar-refractivity contribution is 5.36. The molecule has 116 valence electrons. The maximum atomic E-state index is 13.6. The quantitative estimate of drug-likeness (QED) is 0.763. The normalized spacial score (nSPS) is 17.0. The van der Waals surface area contributed by atoms with Crippen LogP contribution in [0.3, 0.4) is 0 Å². The van der Waals surface area contributed by atoms with Crippen LogP contribution in [0.4, 0.5) is 4.39 Å². The fraction of sp³-hybridized carbons (Fsp3) is 0.556. The zero-order valence-corrected chi connectivity index (χ0v) is 13.1. The standard InChI is InChI=1S/C18H26FNO/c1-3-12-20-18(14-8-6-4-5-7-9-14)15-10-11-16(19)17(13-15)21-2/h8,10-11,13,18,20H,3-7,9,12H2,1-2H3. The molecule has 0 spiro atoms. The van der Waals surface area contributed by atoms with E-state index in [0.29, 0.717) is 5.75 Å². The summed E-state index contributed by atoms with van der Waals surface area (Å²) in [6, 6.07) is 5.38. The first-order valence-corrected chi connectivity index (χ1v) is 8.02. The van der Waals surface area contributed by atoms with Gasteiger partial charge in [0.05, 0.1) is 13.2 Å². The van der Waals surface area contributed by atoms with Gasteiger partial charge in [-0.3, -0.25) is 0 Å². The number of methoxy groups -OCH3 is 1. The van der Waals surface area contributed by atoms with Gasteiger partial charge in [-0.05, 0) is 56.3 Å². The number of rotatable bonds is 6. The molecule has 2 nitrogen and oxygen atoms in total. The number of allylic oxidation sites excluding steroid dienone is 1. The van der Waals surface area contributed by atoms with Crippen LogP contribution in [0, 0.1) is 5.82 Å². The predicted molar refractivity (Wildman–Crippen MR) is 85.2 cm³/mol. The van der Waals surface area contributed by atoms with Crippen LogP contribution < -0.4 is 10.1 Å². The van der Waals surface area contributed by atoms with E-state index >= 15 is 0 Å². The van der Waals surface area contributed by atoms with Crippen LogP contribution in [0.5, 0.6) is 5.75 Å². The van der Waals surface area contributed by atoms with Crippen molar-refractivity contribution in [3.05, 3.63) is 41.2 Å². The van der Waals surface area contributed by atoms with Crippen molar-refractivity contribution in [2.75, 3.05) is 13.7 Å². The zero-order chi connectivity index (χ0) is 15.1. The summed E-state index contributed by atoms with van der Waals surface area (Å²) in [4.78, 5) is 0. The average Bonchev–Trinajstić information content (AvgIpc) is 2.78. The second kappa shape index (κ2) is 8.18. The van der Waals surface area contributed by atoms with E-state index in [4.69, 9.17) is 4.74 Å². The van der Waals surface area contributed by atoms with Gasteiger partial charge >= 0.3 is 0 Å². The molecule has 0 fully saturated rings. The largest absolute Gasteiger partial charge is 0.494 e. The predicted octanol–water partition coefficient (Wildman–Crippen LogP) is 4.77. The lowest BCUT2D eigenvalue weighted by molar-refractivity contribution is 0.385. The highest BCUT2D eigenvalue weighted by Crippen LogP contribution is 2.31. The van der Waals surface area contributed by atoms with E-state index in [9.17, 15) is 4.39 Å². The topological polar surface area (TPSA) is 21.3 Å². The van der Waals surface area contributed by atoms with Gasteiger partial charge in [-0.25, -0.2) is 4.39 Å². The van der Waals surface area contributed by atoms with Crippen molar-refractivity contribution in [2.45, 2.75) is 51.5 Å². The second-order valence-corrected chi connectivity index (χ2v) is 5.66. The highest BCUT2D eigenvalue weighted by atomic mass is 19.1. The van der Waals surface area contributed by atoms with Crippen LogP contribution in [0.15, 0.2) is 29.8 Å². The van der Waals surface area contributed by atoms with Crippen molar-refractivity contribution in [1.82, 2.24) is 5.32 Å². The Hall–Kier alpha value is -1.35. The smallest absolute Gasteiger partial charge is 0.165 e. The number of hydrogen-bond donors (Lipinski definition) is 1. The Bertz CT molecular complexity index is 484. The molecule has 1 unspecified atom stereocenters. The molecule has 1 aromatic rings. The number of hydrogen-bond acceptors (Lipinski definition) is 2. The van der Waals surface area contributed by atoms with Gasteiger partial charge in [0, 0.05) is 0 Å². The molecule has 1 aromatic carbocycles. The third-order valence-electron chi connectivity index (χ3n) is 4.05. The summed E-state index contributed by atoms with van der Waals surface area (Å²) in [5.41, 5.74) is 2.53. The Morgan fingerprint density at radius 1 is 1.29 bits per heavy atom. The summed E-state index contributed by atoms with van der Waals surface area (Å²) >= 11 is 0. The summed E-state index contributed by atoms with van der Waals surface area (Å²) in [6.45, 7) is 3.12. The molecule has 1 aliphatic carbocycles. The van der Waals surface area contributed by atoms with Gasteiger partial charge in [0.25, 0.3) is 0 Å². The molecule has 3 heteroatoms. The summed E-state index contributed by atoms with van der Waals surface area (Å²) in [5.74, 6) is 0.0235. The van der Waals surface area contributed by atoms with Crippen LogP contribution >= 0.6 is 0 Å². The van der Waals surface area contributed by atoms with E-state index in [-0.39, 0.29) is 11.9 Å². The van der Waals surface area contributed by atoms with Gasteiger partial charge in [-0.1, -0.05) is 31.1 Å². The minimum atomic E-state index is -0.301. The van der Waals surface area contributed by atoms with Crippen LogP contribution in [0.1, 0.15) is 57.1 Å². The number of nitrogens with one attached hydrogen (secondary N) is 1.